The normalized spacial score (nSPS) is 12.0. The average Bonchev–Trinajstić information content (AvgIpc) is 2.92. The first-order valence-corrected chi connectivity index (χ1v) is 7.15. The topological polar surface area (TPSA) is 37.8 Å². The van der Waals surface area contributed by atoms with Crippen LogP contribution in [-0.4, -0.2) is 9.55 Å². The van der Waals surface area contributed by atoms with Crippen LogP contribution in [0.1, 0.15) is 30.5 Å². The molecule has 0 fully saturated rings. The molecule has 3 heteroatoms. The van der Waals surface area contributed by atoms with E-state index in [-0.39, 0.29) is 11.0 Å². The van der Waals surface area contributed by atoms with Gasteiger partial charge < -0.3 is 9.55 Å². The maximum atomic E-state index is 12.2. The lowest BCUT2D eigenvalue weighted by atomic mass is 9.77. The third-order valence-electron chi connectivity index (χ3n) is 4.34. The highest BCUT2D eigenvalue weighted by Crippen LogP contribution is 2.34. The Hall–Kier alpha value is -2.29. The molecule has 108 valence electrons. The molecule has 1 aromatic carbocycles. The smallest absolute Gasteiger partial charge is 0.274 e. The molecule has 0 radical (unpaired) electrons. The van der Waals surface area contributed by atoms with E-state index in [9.17, 15) is 4.79 Å². The zero-order chi connectivity index (χ0) is 15.2. The molecular formula is C18H20N2O. The molecule has 0 aliphatic rings. The van der Waals surface area contributed by atoms with Crippen LogP contribution in [0.5, 0.6) is 0 Å². The summed E-state index contributed by atoms with van der Waals surface area (Å²) in [4.78, 5) is 15.2. The monoisotopic (exact) mass is 280 g/mol. The van der Waals surface area contributed by atoms with Gasteiger partial charge in [-0.3, -0.25) is 4.79 Å². The first-order valence-electron chi connectivity index (χ1n) is 7.15. The van der Waals surface area contributed by atoms with Crippen molar-refractivity contribution in [2.24, 2.45) is 7.05 Å². The van der Waals surface area contributed by atoms with Gasteiger partial charge in [-0.05, 0) is 24.1 Å². The van der Waals surface area contributed by atoms with Crippen molar-refractivity contribution < 1.29 is 0 Å². The molecule has 2 aromatic heterocycles. The number of pyridine rings is 1. The van der Waals surface area contributed by atoms with Crippen LogP contribution in [0.2, 0.25) is 0 Å². The van der Waals surface area contributed by atoms with E-state index in [0.29, 0.717) is 5.52 Å². The molecule has 21 heavy (non-hydrogen) atoms. The summed E-state index contributed by atoms with van der Waals surface area (Å²) in [6.07, 6.45) is 3.79. The molecule has 3 nitrogen and oxygen atoms in total. The summed E-state index contributed by atoms with van der Waals surface area (Å²) in [5.74, 6) is 0. The summed E-state index contributed by atoms with van der Waals surface area (Å²) in [7, 11) is 1.80. The fourth-order valence-electron chi connectivity index (χ4n) is 2.89. The number of rotatable bonds is 2. The molecule has 0 atom stereocenters. The van der Waals surface area contributed by atoms with Crippen LogP contribution in [-0.2, 0) is 12.5 Å². The Kier molecular flexibility index (Phi) is 3.01. The minimum absolute atomic E-state index is 0.0125. The van der Waals surface area contributed by atoms with Gasteiger partial charge in [0.1, 0.15) is 5.52 Å². The number of nitrogens with one attached hydrogen (secondary N) is 1. The Labute approximate surface area is 124 Å². The van der Waals surface area contributed by atoms with E-state index in [1.807, 2.05) is 18.5 Å². The minimum Gasteiger partial charge on any atom is -0.357 e. The molecular weight excluding hydrogens is 260 g/mol. The van der Waals surface area contributed by atoms with Crippen molar-refractivity contribution in [3.8, 4) is 0 Å². The molecule has 0 aliphatic carbocycles. The first-order chi connectivity index (χ1) is 9.91. The highest BCUT2D eigenvalue weighted by atomic mass is 16.1. The number of hydrogen-bond acceptors (Lipinski definition) is 1. The predicted octanol–water partition coefficient (Wildman–Crippen LogP) is 3.50. The van der Waals surface area contributed by atoms with E-state index < -0.39 is 0 Å². The molecule has 0 aliphatic heterocycles. The summed E-state index contributed by atoms with van der Waals surface area (Å²) in [6, 6.07) is 10.6. The largest absolute Gasteiger partial charge is 0.357 e. The SMILES string of the molecule is Cc1ccc(C(C)(C)c2cn(C)c(=O)c3[nH]ccc23)cc1. The minimum atomic E-state index is -0.167. The first kappa shape index (κ1) is 13.7. The predicted molar refractivity (Wildman–Crippen MR) is 86.8 cm³/mol. The van der Waals surface area contributed by atoms with Gasteiger partial charge in [-0.2, -0.15) is 0 Å². The average molecular weight is 280 g/mol. The number of aromatic amines is 1. The van der Waals surface area contributed by atoms with E-state index in [0.717, 1.165) is 10.9 Å². The number of hydrogen-bond donors (Lipinski definition) is 1. The Bertz CT molecular complexity index is 851. The summed E-state index contributed by atoms with van der Waals surface area (Å²) in [6.45, 7) is 6.49. The third-order valence-corrected chi connectivity index (χ3v) is 4.34. The van der Waals surface area contributed by atoms with Crippen LogP contribution in [0.15, 0.2) is 47.5 Å². The standard InChI is InChI=1S/C18H20N2O/c1-12-5-7-13(8-6-12)18(2,3)15-11-20(4)17(21)16-14(15)9-10-19-16/h5-11,19H,1-4H3. The van der Waals surface area contributed by atoms with E-state index in [1.54, 1.807) is 11.6 Å². The van der Waals surface area contributed by atoms with Gasteiger partial charge in [-0.25, -0.2) is 0 Å². The number of H-pyrrole nitrogens is 1. The molecule has 0 saturated carbocycles. The van der Waals surface area contributed by atoms with E-state index in [2.05, 4.69) is 50.0 Å². The molecule has 0 unspecified atom stereocenters. The number of aryl methyl sites for hydroxylation is 2. The van der Waals surface area contributed by atoms with Gasteiger partial charge in [0.2, 0.25) is 0 Å². The van der Waals surface area contributed by atoms with Gasteiger partial charge in [0.25, 0.3) is 5.56 Å². The van der Waals surface area contributed by atoms with Gasteiger partial charge in [0.05, 0.1) is 0 Å². The summed E-state index contributed by atoms with van der Waals surface area (Å²) in [5, 5.41) is 1.00. The fourth-order valence-corrected chi connectivity index (χ4v) is 2.89. The van der Waals surface area contributed by atoms with Crippen LogP contribution < -0.4 is 5.56 Å². The zero-order valence-corrected chi connectivity index (χ0v) is 12.9. The lowest BCUT2D eigenvalue weighted by Crippen LogP contribution is -2.25. The number of aromatic nitrogens is 2. The summed E-state index contributed by atoms with van der Waals surface area (Å²) in [5.41, 5.74) is 4.17. The highest BCUT2D eigenvalue weighted by Gasteiger charge is 2.26. The highest BCUT2D eigenvalue weighted by molar-refractivity contribution is 5.83. The molecule has 3 rings (SSSR count). The van der Waals surface area contributed by atoms with Crippen LogP contribution in [0.3, 0.4) is 0 Å². The Morgan fingerprint density at radius 1 is 1.10 bits per heavy atom. The van der Waals surface area contributed by atoms with E-state index >= 15 is 0 Å². The van der Waals surface area contributed by atoms with Gasteiger partial charge >= 0.3 is 0 Å². The van der Waals surface area contributed by atoms with E-state index in [4.69, 9.17) is 0 Å². The maximum absolute atomic E-state index is 12.2. The molecule has 0 saturated heterocycles. The number of nitrogens with zero attached hydrogens (tertiary/aromatic N) is 1. The second kappa shape index (κ2) is 4.62. The Morgan fingerprint density at radius 2 is 1.76 bits per heavy atom. The summed E-state index contributed by atoms with van der Waals surface area (Å²) >= 11 is 0. The number of fused-ring (bicyclic) bond motifs is 1. The molecule has 3 aromatic rings. The molecule has 0 amide bonds. The molecule has 1 N–H and O–H groups in total. The molecule has 0 bridgehead atoms. The maximum Gasteiger partial charge on any atom is 0.274 e. The van der Waals surface area contributed by atoms with Crippen molar-refractivity contribution in [1.29, 1.82) is 0 Å². The number of benzene rings is 1. The van der Waals surface area contributed by atoms with Gasteiger partial charge in [-0.15, -0.1) is 0 Å². The van der Waals surface area contributed by atoms with Crippen molar-refractivity contribution in [2.45, 2.75) is 26.2 Å². The second-order valence-electron chi connectivity index (χ2n) is 6.22. The lowest BCUT2D eigenvalue weighted by molar-refractivity contribution is 0.635. The fraction of sp³-hybridized carbons (Fsp3) is 0.278. The van der Waals surface area contributed by atoms with Gasteiger partial charge in [-0.1, -0.05) is 43.7 Å². The Balaban J connectivity index is 2.28. The van der Waals surface area contributed by atoms with Crippen LogP contribution in [0.4, 0.5) is 0 Å². The van der Waals surface area contributed by atoms with Crippen molar-refractivity contribution in [3.63, 3.8) is 0 Å². The quantitative estimate of drug-likeness (QED) is 0.766. The molecule has 2 heterocycles. The lowest BCUT2D eigenvalue weighted by Gasteiger charge is -2.27. The van der Waals surface area contributed by atoms with Crippen LogP contribution in [0.25, 0.3) is 10.9 Å². The van der Waals surface area contributed by atoms with Gasteiger partial charge in [0, 0.05) is 30.2 Å². The van der Waals surface area contributed by atoms with Crippen molar-refractivity contribution in [3.05, 3.63) is 69.8 Å². The zero-order valence-electron chi connectivity index (χ0n) is 12.9. The van der Waals surface area contributed by atoms with Crippen molar-refractivity contribution in [2.75, 3.05) is 0 Å². The summed E-state index contributed by atoms with van der Waals surface area (Å²) < 4.78 is 1.66. The second-order valence-corrected chi connectivity index (χ2v) is 6.22. The Morgan fingerprint density at radius 3 is 2.43 bits per heavy atom. The third kappa shape index (κ3) is 2.09. The van der Waals surface area contributed by atoms with Crippen molar-refractivity contribution in [1.82, 2.24) is 9.55 Å². The van der Waals surface area contributed by atoms with Crippen LogP contribution >= 0.6 is 0 Å². The van der Waals surface area contributed by atoms with Crippen molar-refractivity contribution >= 4 is 10.9 Å². The van der Waals surface area contributed by atoms with Gasteiger partial charge in [0.15, 0.2) is 0 Å². The molecule has 0 spiro atoms. The van der Waals surface area contributed by atoms with E-state index in [1.165, 1.54) is 11.1 Å². The van der Waals surface area contributed by atoms with Crippen LogP contribution in [0, 0.1) is 6.92 Å².